The van der Waals surface area contributed by atoms with Crippen LogP contribution < -0.4 is 14.8 Å². The van der Waals surface area contributed by atoms with Crippen LogP contribution in [0.3, 0.4) is 0 Å². The molecule has 0 unspecified atom stereocenters. The number of nitrogens with zero attached hydrogens (tertiary/aromatic N) is 1. The molecule has 3 rings (SSSR count). The van der Waals surface area contributed by atoms with Gasteiger partial charge in [-0.05, 0) is 36.4 Å². The molecular formula is C18H15ClN2O3. The van der Waals surface area contributed by atoms with E-state index in [1.807, 2.05) is 18.2 Å². The van der Waals surface area contributed by atoms with Gasteiger partial charge >= 0.3 is 0 Å². The molecule has 0 spiro atoms. The number of nitrogens with one attached hydrogen (secondary N) is 1. The molecule has 1 N–H and O–H groups in total. The van der Waals surface area contributed by atoms with Gasteiger partial charge in [-0.3, -0.25) is 9.78 Å². The third-order valence-electron chi connectivity index (χ3n) is 3.42. The highest BCUT2D eigenvalue weighted by atomic mass is 35.5. The molecule has 122 valence electrons. The molecular weight excluding hydrogens is 328 g/mol. The Balaban J connectivity index is 1.72. The van der Waals surface area contributed by atoms with E-state index >= 15 is 0 Å². The fourth-order valence-electron chi connectivity index (χ4n) is 2.31. The minimum Gasteiger partial charge on any atom is -0.495 e. The van der Waals surface area contributed by atoms with Crippen LogP contribution in [-0.4, -0.2) is 24.6 Å². The lowest BCUT2D eigenvalue weighted by molar-refractivity contribution is -0.118. The van der Waals surface area contributed by atoms with E-state index < -0.39 is 0 Å². The summed E-state index contributed by atoms with van der Waals surface area (Å²) in [6.45, 7) is -0.147. The zero-order valence-electron chi connectivity index (χ0n) is 13.0. The van der Waals surface area contributed by atoms with Gasteiger partial charge in [0.05, 0.1) is 17.8 Å². The zero-order chi connectivity index (χ0) is 16.9. The van der Waals surface area contributed by atoms with Gasteiger partial charge in [-0.2, -0.15) is 0 Å². The molecule has 0 bridgehead atoms. The van der Waals surface area contributed by atoms with E-state index in [4.69, 9.17) is 21.1 Å². The normalized spacial score (nSPS) is 10.4. The number of para-hydroxylation sites is 2. The minimum absolute atomic E-state index is 0.147. The second-order valence-electron chi connectivity index (χ2n) is 4.98. The molecule has 24 heavy (non-hydrogen) atoms. The SMILES string of the molecule is COc1ccccc1NC(=O)COc1ccc(Cl)c2cccnc12. The Hall–Kier alpha value is -2.79. The molecule has 3 aromatic rings. The first-order valence-electron chi connectivity index (χ1n) is 7.28. The van der Waals surface area contributed by atoms with E-state index in [1.165, 1.54) is 0 Å². The summed E-state index contributed by atoms with van der Waals surface area (Å²) in [4.78, 5) is 16.4. The van der Waals surface area contributed by atoms with Crippen LogP contribution in [0.5, 0.6) is 11.5 Å². The van der Waals surface area contributed by atoms with E-state index in [2.05, 4.69) is 10.3 Å². The van der Waals surface area contributed by atoms with E-state index in [-0.39, 0.29) is 12.5 Å². The maximum Gasteiger partial charge on any atom is 0.262 e. The van der Waals surface area contributed by atoms with Crippen molar-refractivity contribution in [3.05, 3.63) is 59.8 Å². The maximum absolute atomic E-state index is 12.1. The molecule has 0 radical (unpaired) electrons. The third-order valence-corrected chi connectivity index (χ3v) is 3.75. The van der Waals surface area contributed by atoms with Crippen molar-refractivity contribution in [2.24, 2.45) is 0 Å². The molecule has 0 fully saturated rings. The Kier molecular flexibility index (Phi) is 4.82. The first kappa shape index (κ1) is 16.1. The number of amides is 1. The Bertz CT molecular complexity index is 883. The summed E-state index contributed by atoms with van der Waals surface area (Å²) in [5.74, 6) is 0.799. The summed E-state index contributed by atoms with van der Waals surface area (Å²) >= 11 is 6.14. The van der Waals surface area contributed by atoms with Crippen LogP contribution in [0.25, 0.3) is 10.9 Å². The molecule has 1 amide bonds. The number of carbonyl (C=O) groups is 1. The summed E-state index contributed by atoms with van der Waals surface area (Å²) in [6.07, 6.45) is 1.65. The number of anilines is 1. The lowest BCUT2D eigenvalue weighted by Crippen LogP contribution is -2.20. The summed E-state index contributed by atoms with van der Waals surface area (Å²) in [6, 6.07) is 14.3. The molecule has 0 aliphatic rings. The number of hydrogen-bond acceptors (Lipinski definition) is 4. The molecule has 0 aliphatic heterocycles. The first-order chi connectivity index (χ1) is 11.7. The molecule has 1 heterocycles. The van der Waals surface area contributed by atoms with Crippen LogP contribution in [0.4, 0.5) is 5.69 Å². The number of carbonyl (C=O) groups excluding carboxylic acids is 1. The number of methoxy groups -OCH3 is 1. The zero-order valence-corrected chi connectivity index (χ0v) is 13.7. The van der Waals surface area contributed by atoms with Crippen LogP contribution in [0.1, 0.15) is 0 Å². The number of benzene rings is 2. The summed E-state index contributed by atoms with van der Waals surface area (Å²) in [7, 11) is 1.55. The monoisotopic (exact) mass is 342 g/mol. The van der Waals surface area contributed by atoms with Crippen molar-refractivity contribution in [1.29, 1.82) is 0 Å². The van der Waals surface area contributed by atoms with E-state index in [1.54, 1.807) is 43.6 Å². The Morgan fingerprint density at radius 1 is 1.12 bits per heavy atom. The third kappa shape index (κ3) is 3.41. The molecule has 0 atom stereocenters. The van der Waals surface area contributed by atoms with Gasteiger partial charge in [0.25, 0.3) is 5.91 Å². The number of ether oxygens (including phenoxy) is 2. The van der Waals surface area contributed by atoms with Crippen LogP contribution >= 0.6 is 11.6 Å². The van der Waals surface area contributed by atoms with Crippen LogP contribution in [0, 0.1) is 0 Å². The average Bonchev–Trinajstić information content (AvgIpc) is 2.62. The van der Waals surface area contributed by atoms with Crippen molar-refractivity contribution in [3.63, 3.8) is 0 Å². The number of pyridine rings is 1. The summed E-state index contributed by atoms with van der Waals surface area (Å²) in [5, 5.41) is 4.12. The number of halogens is 1. The standard InChI is InChI=1S/C18H15ClN2O3/c1-23-15-7-3-2-6-14(15)21-17(22)11-24-16-9-8-13(19)12-5-4-10-20-18(12)16/h2-10H,11H2,1H3,(H,21,22). The highest BCUT2D eigenvalue weighted by Crippen LogP contribution is 2.29. The molecule has 1 aromatic heterocycles. The van der Waals surface area contributed by atoms with Crippen LogP contribution in [0.15, 0.2) is 54.7 Å². The van der Waals surface area contributed by atoms with E-state index in [0.717, 1.165) is 5.39 Å². The largest absolute Gasteiger partial charge is 0.495 e. The molecule has 5 nitrogen and oxygen atoms in total. The van der Waals surface area contributed by atoms with E-state index in [9.17, 15) is 4.79 Å². The predicted octanol–water partition coefficient (Wildman–Crippen LogP) is 3.91. The maximum atomic E-state index is 12.1. The van der Waals surface area contributed by atoms with Gasteiger partial charge in [-0.15, -0.1) is 0 Å². The molecule has 2 aromatic carbocycles. The van der Waals surface area contributed by atoms with Crippen molar-refractivity contribution in [3.8, 4) is 11.5 Å². The molecule has 0 saturated carbocycles. The topological polar surface area (TPSA) is 60.5 Å². The Morgan fingerprint density at radius 2 is 1.96 bits per heavy atom. The van der Waals surface area contributed by atoms with Gasteiger partial charge in [0.1, 0.15) is 17.0 Å². The minimum atomic E-state index is -0.293. The van der Waals surface area contributed by atoms with Gasteiger partial charge in [-0.1, -0.05) is 23.7 Å². The van der Waals surface area contributed by atoms with Crippen LogP contribution in [0.2, 0.25) is 5.02 Å². The number of fused-ring (bicyclic) bond motifs is 1. The van der Waals surface area contributed by atoms with Crippen LogP contribution in [-0.2, 0) is 4.79 Å². The van der Waals surface area contributed by atoms with Crippen molar-refractivity contribution in [2.45, 2.75) is 0 Å². The highest BCUT2D eigenvalue weighted by Gasteiger charge is 2.10. The van der Waals surface area contributed by atoms with Crippen molar-refractivity contribution in [1.82, 2.24) is 4.98 Å². The van der Waals surface area contributed by atoms with Gasteiger partial charge in [0.2, 0.25) is 0 Å². The fourth-order valence-corrected chi connectivity index (χ4v) is 2.52. The average molecular weight is 343 g/mol. The van der Waals surface area contributed by atoms with E-state index in [0.29, 0.717) is 27.7 Å². The number of hydrogen-bond donors (Lipinski definition) is 1. The van der Waals surface area contributed by atoms with Crippen molar-refractivity contribution in [2.75, 3.05) is 19.0 Å². The molecule has 0 aliphatic carbocycles. The number of aromatic nitrogens is 1. The highest BCUT2D eigenvalue weighted by molar-refractivity contribution is 6.35. The molecule has 0 saturated heterocycles. The lowest BCUT2D eigenvalue weighted by atomic mass is 10.2. The van der Waals surface area contributed by atoms with Gasteiger partial charge in [-0.25, -0.2) is 0 Å². The van der Waals surface area contributed by atoms with Crippen molar-refractivity contribution < 1.29 is 14.3 Å². The number of rotatable bonds is 5. The smallest absolute Gasteiger partial charge is 0.262 e. The van der Waals surface area contributed by atoms with Gasteiger partial charge in [0, 0.05) is 11.6 Å². The quantitative estimate of drug-likeness (QED) is 0.763. The van der Waals surface area contributed by atoms with Gasteiger partial charge < -0.3 is 14.8 Å². The fraction of sp³-hybridized carbons (Fsp3) is 0.111. The van der Waals surface area contributed by atoms with Crippen molar-refractivity contribution >= 4 is 34.1 Å². The summed E-state index contributed by atoms with van der Waals surface area (Å²) < 4.78 is 10.8. The Labute approximate surface area is 144 Å². The summed E-state index contributed by atoms with van der Waals surface area (Å²) in [5.41, 5.74) is 1.21. The molecule has 6 heteroatoms. The first-order valence-corrected chi connectivity index (χ1v) is 7.65. The predicted molar refractivity (Wildman–Crippen MR) is 93.9 cm³/mol. The second kappa shape index (κ2) is 7.19. The van der Waals surface area contributed by atoms with Gasteiger partial charge in [0.15, 0.2) is 6.61 Å². The lowest BCUT2D eigenvalue weighted by Gasteiger charge is -2.11. The second-order valence-corrected chi connectivity index (χ2v) is 5.39. The Morgan fingerprint density at radius 3 is 2.79 bits per heavy atom.